The van der Waals surface area contributed by atoms with Crippen molar-refractivity contribution in [3.8, 4) is 0 Å². The lowest BCUT2D eigenvalue weighted by Crippen LogP contribution is -2.33. The number of amides is 2. The highest BCUT2D eigenvalue weighted by atomic mass is 19.1. The lowest BCUT2D eigenvalue weighted by molar-refractivity contribution is -0.121. The molecule has 0 saturated heterocycles. The Kier molecular flexibility index (Phi) is 6.69. The highest BCUT2D eigenvalue weighted by molar-refractivity contribution is 5.92. The molecule has 0 radical (unpaired) electrons. The van der Waals surface area contributed by atoms with Gasteiger partial charge < -0.3 is 10.2 Å². The normalized spacial score (nSPS) is 10.4. The average Bonchev–Trinajstić information content (AvgIpc) is 2.61. The van der Waals surface area contributed by atoms with E-state index in [4.69, 9.17) is 0 Å². The zero-order valence-electron chi connectivity index (χ0n) is 14.6. The van der Waals surface area contributed by atoms with Crippen LogP contribution in [0.1, 0.15) is 31.4 Å². The summed E-state index contributed by atoms with van der Waals surface area (Å²) in [7, 11) is 0. The second kappa shape index (κ2) is 8.97. The van der Waals surface area contributed by atoms with Gasteiger partial charge in [-0.1, -0.05) is 31.2 Å². The largest absolute Gasteiger partial charge is 0.352 e. The van der Waals surface area contributed by atoms with Crippen molar-refractivity contribution in [3.05, 3.63) is 65.5 Å². The van der Waals surface area contributed by atoms with Crippen LogP contribution in [-0.2, 0) is 22.6 Å². The van der Waals surface area contributed by atoms with Gasteiger partial charge in [-0.3, -0.25) is 9.59 Å². The first-order valence-electron chi connectivity index (χ1n) is 8.37. The van der Waals surface area contributed by atoms with Crippen LogP contribution < -0.4 is 10.2 Å². The molecule has 132 valence electrons. The first-order valence-corrected chi connectivity index (χ1v) is 8.37. The van der Waals surface area contributed by atoms with Gasteiger partial charge in [-0.15, -0.1) is 0 Å². The van der Waals surface area contributed by atoms with Gasteiger partial charge >= 0.3 is 0 Å². The average molecular weight is 342 g/mol. The zero-order chi connectivity index (χ0) is 18.2. The maximum absolute atomic E-state index is 12.9. The summed E-state index contributed by atoms with van der Waals surface area (Å²) in [6.45, 7) is 4.22. The predicted octanol–water partition coefficient (Wildman–Crippen LogP) is 3.45. The smallest absolute Gasteiger partial charge is 0.223 e. The molecule has 0 spiro atoms. The molecule has 0 aliphatic carbocycles. The summed E-state index contributed by atoms with van der Waals surface area (Å²) >= 11 is 0. The van der Waals surface area contributed by atoms with E-state index in [-0.39, 0.29) is 24.1 Å². The van der Waals surface area contributed by atoms with Gasteiger partial charge in [0, 0.05) is 32.1 Å². The van der Waals surface area contributed by atoms with Crippen LogP contribution in [0.25, 0.3) is 0 Å². The number of benzene rings is 2. The van der Waals surface area contributed by atoms with E-state index in [1.807, 2.05) is 24.3 Å². The Hall–Kier alpha value is -2.69. The number of nitrogens with one attached hydrogen (secondary N) is 1. The molecule has 2 aromatic carbocycles. The maximum atomic E-state index is 12.9. The first kappa shape index (κ1) is 18.6. The molecule has 0 heterocycles. The van der Waals surface area contributed by atoms with Crippen molar-refractivity contribution < 1.29 is 14.0 Å². The number of rotatable bonds is 7. The molecule has 2 rings (SSSR count). The second-order valence-electron chi connectivity index (χ2n) is 5.84. The molecule has 0 aliphatic heterocycles. The Morgan fingerprint density at radius 2 is 1.60 bits per heavy atom. The van der Waals surface area contributed by atoms with Crippen molar-refractivity contribution in [1.82, 2.24) is 5.32 Å². The van der Waals surface area contributed by atoms with E-state index in [9.17, 15) is 14.0 Å². The third-order valence-corrected chi connectivity index (χ3v) is 4.00. The highest BCUT2D eigenvalue weighted by Gasteiger charge is 2.13. The van der Waals surface area contributed by atoms with E-state index >= 15 is 0 Å². The molecule has 0 saturated carbocycles. The summed E-state index contributed by atoms with van der Waals surface area (Å²) in [5.41, 5.74) is 2.81. The first-order chi connectivity index (χ1) is 12.0. The van der Waals surface area contributed by atoms with Crippen molar-refractivity contribution in [2.75, 3.05) is 11.4 Å². The highest BCUT2D eigenvalue weighted by Crippen LogP contribution is 2.16. The number of hydrogen-bond donors (Lipinski definition) is 1. The lowest BCUT2D eigenvalue weighted by Gasteiger charge is -2.21. The summed E-state index contributed by atoms with van der Waals surface area (Å²) in [4.78, 5) is 25.5. The van der Waals surface area contributed by atoms with E-state index in [0.717, 1.165) is 17.7 Å². The van der Waals surface area contributed by atoms with E-state index in [1.54, 1.807) is 17.0 Å². The summed E-state index contributed by atoms with van der Waals surface area (Å²) in [5.74, 6) is -0.558. The van der Waals surface area contributed by atoms with Crippen molar-refractivity contribution >= 4 is 17.5 Å². The maximum Gasteiger partial charge on any atom is 0.223 e. The van der Waals surface area contributed by atoms with Gasteiger partial charge in [-0.05, 0) is 41.8 Å². The van der Waals surface area contributed by atoms with Crippen LogP contribution >= 0.6 is 0 Å². The minimum absolute atomic E-state index is 0.101. The fraction of sp³-hybridized carbons (Fsp3) is 0.300. The molecular formula is C20H23FN2O2. The van der Waals surface area contributed by atoms with Gasteiger partial charge in [-0.25, -0.2) is 4.39 Å². The monoisotopic (exact) mass is 342 g/mol. The number of anilines is 1. The minimum Gasteiger partial charge on any atom is -0.352 e. The number of aryl methyl sites for hydroxylation is 1. The number of hydrogen-bond acceptors (Lipinski definition) is 2. The second-order valence-corrected chi connectivity index (χ2v) is 5.84. The standard InChI is InChI=1S/C20H23FN2O2/c1-3-16-6-10-19(11-7-16)23(15(2)24)13-12-20(25)22-14-17-4-8-18(21)9-5-17/h4-11H,3,12-14H2,1-2H3,(H,22,25). The van der Waals surface area contributed by atoms with Crippen LogP contribution in [0.3, 0.4) is 0 Å². The summed E-state index contributed by atoms with van der Waals surface area (Å²) in [6, 6.07) is 13.8. The molecule has 5 heteroatoms. The van der Waals surface area contributed by atoms with Crippen molar-refractivity contribution in [1.29, 1.82) is 0 Å². The van der Waals surface area contributed by atoms with Gasteiger partial charge in [0.15, 0.2) is 0 Å². The molecule has 0 aromatic heterocycles. The summed E-state index contributed by atoms with van der Waals surface area (Å²) in [5, 5.41) is 2.78. The predicted molar refractivity (Wildman–Crippen MR) is 96.7 cm³/mol. The lowest BCUT2D eigenvalue weighted by atomic mass is 10.1. The molecule has 4 nitrogen and oxygen atoms in total. The Morgan fingerprint density at radius 1 is 1.00 bits per heavy atom. The van der Waals surface area contributed by atoms with Crippen molar-refractivity contribution in [2.24, 2.45) is 0 Å². The van der Waals surface area contributed by atoms with Crippen LogP contribution in [0.15, 0.2) is 48.5 Å². The van der Waals surface area contributed by atoms with Crippen molar-refractivity contribution in [2.45, 2.75) is 33.2 Å². The van der Waals surface area contributed by atoms with Gasteiger partial charge in [0.05, 0.1) is 0 Å². The summed E-state index contributed by atoms with van der Waals surface area (Å²) < 4.78 is 12.9. The quantitative estimate of drug-likeness (QED) is 0.838. The van der Waals surface area contributed by atoms with Gasteiger partial charge in [0.2, 0.25) is 11.8 Å². The van der Waals surface area contributed by atoms with E-state index in [0.29, 0.717) is 13.1 Å². The molecular weight excluding hydrogens is 319 g/mol. The molecule has 2 aromatic rings. The Labute approximate surface area is 147 Å². The molecule has 0 aliphatic rings. The fourth-order valence-electron chi connectivity index (χ4n) is 2.48. The van der Waals surface area contributed by atoms with Crippen LogP contribution in [0.2, 0.25) is 0 Å². The molecule has 0 bridgehead atoms. The van der Waals surface area contributed by atoms with E-state index in [1.165, 1.54) is 24.6 Å². The van der Waals surface area contributed by atoms with Crippen molar-refractivity contribution in [3.63, 3.8) is 0 Å². The van der Waals surface area contributed by atoms with Crippen LogP contribution in [0, 0.1) is 5.82 Å². The fourth-order valence-corrected chi connectivity index (χ4v) is 2.48. The Balaban J connectivity index is 1.88. The number of halogens is 1. The Morgan fingerprint density at radius 3 is 2.16 bits per heavy atom. The zero-order valence-corrected chi connectivity index (χ0v) is 14.6. The number of nitrogens with zero attached hydrogens (tertiary/aromatic N) is 1. The van der Waals surface area contributed by atoms with Crippen LogP contribution in [0.4, 0.5) is 10.1 Å². The molecule has 0 fully saturated rings. The Bertz CT molecular complexity index is 711. The molecule has 1 N–H and O–H groups in total. The topological polar surface area (TPSA) is 49.4 Å². The third-order valence-electron chi connectivity index (χ3n) is 4.00. The SMILES string of the molecule is CCc1ccc(N(CCC(=O)NCc2ccc(F)cc2)C(C)=O)cc1. The number of carbonyl (C=O) groups is 2. The number of carbonyl (C=O) groups excluding carboxylic acids is 2. The van der Waals surface area contributed by atoms with E-state index < -0.39 is 0 Å². The van der Waals surface area contributed by atoms with Gasteiger partial charge in [0.1, 0.15) is 5.82 Å². The molecule has 0 unspecified atom stereocenters. The van der Waals surface area contributed by atoms with Crippen LogP contribution in [0.5, 0.6) is 0 Å². The van der Waals surface area contributed by atoms with Crippen LogP contribution in [-0.4, -0.2) is 18.4 Å². The molecule has 25 heavy (non-hydrogen) atoms. The molecule has 2 amide bonds. The minimum atomic E-state index is -0.304. The van der Waals surface area contributed by atoms with Gasteiger partial charge in [-0.2, -0.15) is 0 Å². The van der Waals surface area contributed by atoms with E-state index in [2.05, 4.69) is 12.2 Å². The summed E-state index contributed by atoms with van der Waals surface area (Å²) in [6.07, 6.45) is 1.14. The van der Waals surface area contributed by atoms with Gasteiger partial charge in [0.25, 0.3) is 0 Å². The third kappa shape index (κ3) is 5.71. The molecule has 0 atom stereocenters.